The van der Waals surface area contributed by atoms with Crippen LogP contribution in [-0.4, -0.2) is 24.1 Å². The summed E-state index contributed by atoms with van der Waals surface area (Å²) in [7, 11) is 0. The number of amides is 1. The summed E-state index contributed by atoms with van der Waals surface area (Å²) in [5.41, 5.74) is 4.98. The van der Waals surface area contributed by atoms with Crippen molar-refractivity contribution in [2.24, 2.45) is 5.73 Å². The molecule has 2 atom stereocenters. The van der Waals surface area contributed by atoms with E-state index in [1.165, 1.54) is 6.92 Å². The lowest BCUT2D eigenvalue weighted by molar-refractivity contribution is -0.159. The van der Waals surface area contributed by atoms with Crippen LogP contribution in [0.5, 0.6) is 5.75 Å². The molecule has 0 saturated carbocycles. The Morgan fingerprint density at radius 2 is 1.71 bits per heavy atom. The molecular formula is C12H15NO4. The van der Waals surface area contributed by atoms with Crippen LogP contribution in [0.1, 0.15) is 13.8 Å². The predicted octanol–water partition coefficient (Wildman–Crippen LogP) is 0.871. The molecule has 0 saturated heterocycles. The Labute approximate surface area is 99.5 Å². The minimum atomic E-state index is -0.954. The van der Waals surface area contributed by atoms with Crippen molar-refractivity contribution in [3.8, 4) is 5.75 Å². The fourth-order valence-electron chi connectivity index (χ4n) is 1.08. The smallest absolute Gasteiger partial charge is 0.347 e. The summed E-state index contributed by atoms with van der Waals surface area (Å²) < 4.78 is 10.1. The van der Waals surface area contributed by atoms with Crippen LogP contribution < -0.4 is 10.5 Å². The first-order valence-corrected chi connectivity index (χ1v) is 5.22. The number of benzene rings is 1. The molecule has 2 N–H and O–H groups in total. The number of para-hydroxylation sites is 1. The highest BCUT2D eigenvalue weighted by Gasteiger charge is 2.21. The van der Waals surface area contributed by atoms with Crippen LogP contribution in [0.2, 0.25) is 0 Å². The minimum absolute atomic E-state index is 0.559. The van der Waals surface area contributed by atoms with Crippen molar-refractivity contribution in [3.05, 3.63) is 30.3 Å². The van der Waals surface area contributed by atoms with Gasteiger partial charge in [-0.2, -0.15) is 0 Å². The molecule has 0 aliphatic carbocycles. The summed E-state index contributed by atoms with van der Waals surface area (Å²) >= 11 is 0. The van der Waals surface area contributed by atoms with E-state index in [0.717, 1.165) is 0 Å². The Kier molecular flexibility index (Phi) is 4.51. The van der Waals surface area contributed by atoms with Crippen LogP contribution in [0.3, 0.4) is 0 Å². The SMILES string of the molecule is C[C@H](OC(=O)[C@@H](C)Oc1ccccc1)C(N)=O. The van der Waals surface area contributed by atoms with Gasteiger partial charge in [0.05, 0.1) is 0 Å². The van der Waals surface area contributed by atoms with Crippen molar-refractivity contribution in [3.63, 3.8) is 0 Å². The normalized spacial score (nSPS) is 13.5. The number of carbonyl (C=O) groups excluding carboxylic acids is 2. The molecular weight excluding hydrogens is 222 g/mol. The highest BCUT2D eigenvalue weighted by atomic mass is 16.6. The van der Waals surface area contributed by atoms with Gasteiger partial charge in [-0.3, -0.25) is 4.79 Å². The van der Waals surface area contributed by atoms with E-state index in [9.17, 15) is 9.59 Å². The van der Waals surface area contributed by atoms with Gasteiger partial charge in [0.25, 0.3) is 5.91 Å². The fourth-order valence-corrected chi connectivity index (χ4v) is 1.08. The van der Waals surface area contributed by atoms with Crippen LogP contribution in [0.15, 0.2) is 30.3 Å². The van der Waals surface area contributed by atoms with Gasteiger partial charge in [-0.05, 0) is 26.0 Å². The van der Waals surface area contributed by atoms with Crippen molar-refractivity contribution < 1.29 is 19.1 Å². The van der Waals surface area contributed by atoms with Gasteiger partial charge in [0.1, 0.15) is 5.75 Å². The van der Waals surface area contributed by atoms with Crippen LogP contribution in [-0.2, 0) is 14.3 Å². The zero-order chi connectivity index (χ0) is 12.8. The molecule has 0 aliphatic heterocycles. The van der Waals surface area contributed by atoms with E-state index in [1.807, 2.05) is 6.07 Å². The Morgan fingerprint density at radius 1 is 1.12 bits per heavy atom. The molecule has 0 bridgehead atoms. The number of ether oxygens (including phenoxy) is 2. The van der Waals surface area contributed by atoms with Crippen LogP contribution in [0, 0.1) is 0 Å². The van der Waals surface area contributed by atoms with Crippen molar-refractivity contribution >= 4 is 11.9 Å². The molecule has 1 rings (SSSR count). The molecule has 0 unspecified atom stereocenters. The maximum atomic E-state index is 11.5. The number of nitrogens with two attached hydrogens (primary N) is 1. The van der Waals surface area contributed by atoms with E-state index in [1.54, 1.807) is 31.2 Å². The summed E-state index contributed by atoms with van der Waals surface area (Å²) in [5, 5.41) is 0. The highest BCUT2D eigenvalue weighted by Crippen LogP contribution is 2.11. The second kappa shape index (κ2) is 5.89. The van der Waals surface area contributed by atoms with Crippen LogP contribution in [0.4, 0.5) is 0 Å². The van der Waals surface area contributed by atoms with Crippen LogP contribution in [0.25, 0.3) is 0 Å². The molecule has 0 aromatic heterocycles. The lowest BCUT2D eigenvalue weighted by Crippen LogP contribution is -2.35. The van der Waals surface area contributed by atoms with E-state index in [-0.39, 0.29) is 0 Å². The summed E-state index contributed by atoms with van der Waals surface area (Å²) in [6, 6.07) is 8.87. The maximum absolute atomic E-state index is 11.5. The Hall–Kier alpha value is -2.04. The lowest BCUT2D eigenvalue weighted by atomic mass is 10.3. The Balaban J connectivity index is 2.50. The van der Waals surface area contributed by atoms with E-state index in [2.05, 4.69) is 0 Å². The first kappa shape index (κ1) is 13.0. The second-order valence-electron chi connectivity index (χ2n) is 3.55. The molecule has 5 nitrogen and oxygen atoms in total. The summed E-state index contributed by atoms with van der Waals surface area (Å²) in [4.78, 5) is 22.2. The van der Waals surface area contributed by atoms with Crippen molar-refractivity contribution in [1.29, 1.82) is 0 Å². The van der Waals surface area contributed by atoms with Crippen molar-refractivity contribution in [2.45, 2.75) is 26.1 Å². The number of primary amides is 1. The molecule has 1 aromatic carbocycles. The summed E-state index contributed by atoms with van der Waals surface area (Å²) in [6.07, 6.45) is -1.75. The average molecular weight is 237 g/mol. The molecule has 92 valence electrons. The van der Waals surface area contributed by atoms with Gasteiger partial charge in [-0.1, -0.05) is 18.2 Å². The molecule has 5 heteroatoms. The third-order valence-electron chi connectivity index (χ3n) is 2.08. The third-order valence-corrected chi connectivity index (χ3v) is 2.08. The quantitative estimate of drug-likeness (QED) is 0.771. The fraction of sp³-hybridized carbons (Fsp3) is 0.333. The highest BCUT2D eigenvalue weighted by molar-refractivity contribution is 5.83. The Bertz CT molecular complexity index is 391. The van der Waals surface area contributed by atoms with Gasteiger partial charge < -0.3 is 15.2 Å². The summed E-state index contributed by atoms with van der Waals surface area (Å²) in [5.74, 6) is -0.755. The first-order chi connectivity index (χ1) is 8.00. The number of hydrogen-bond donors (Lipinski definition) is 1. The van der Waals surface area contributed by atoms with Gasteiger partial charge in [0.2, 0.25) is 0 Å². The number of rotatable bonds is 5. The standard InChI is InChI=1S/C12H15NO4/c1-8(11(13)14)17-12(15)9(2)16-10-6-4-3-5-7-10/h3-9H,1-2H3,(H2,13,14)/t8-,9+/m0/s1. The average Bonchev–Trinajstić information content (AvgIpc) is 2.29. The largest absolute Gasteiger partial charge is 0.479 e. The summed E-state index contributed by atoms with van der Waals surface area (Å²) in [6.45, 7) is 2.96. The van der Waals surface area contributed by atoms with Gasteiger partial charge in [-0.25, -0.2) is 4.79 Å². The maximum Gasteiger partial charge on any atom is 0.347 e. The van der Waals surface area contributed by atoms with Gasteiger partial charge >= 0.3 is 5.97 Å². The van der Waals surface area contributed by atoms with E-state index >= 15 is 0 Å². The van der Waals surface area contributed by atoms with Gasteiger partial charge in [-0.15, -0.1) is 0 Å². The molecule has 17 heavy (non-hydrogen) atoms. The number of esters is 1. The van der Waals surface area contributed by atoms with E-state index in [4.69, 9.17) is 15.2 Å². The molecule has 0 fully saturated rings. The topological polar surface area (TPSA) is 78.6 Å². The Morgan fingerprint density at radius 3 is 2.24 bits per heavy atom. The molecule has 0 spiro atoms. The van der Waals surface area contributed by atoms with Gasteiger partial charge in [0.15, 0.2) is 12.2 Å². The number of carbonyl (C=O) groups is 2. The molecule has 0 aliphatic rings. The molecule has 0 radical (unpaired) electrons. The zero-order valence-electron chi connectivity index (χ0n) is 9.75. The minimum Gasteiger partial charge on any atom is -0.479 e. The number of hydrogen-bond acceptors (Lipinski definition) is 4. The third kappa shape index (κ3) is 4.14. The lowest BCUT2D eigenvalue weighted by Gasteiger charge is -2.16. The van der Waals surface area contributed by atoms with Crippen LogP contribution >= 0.6 is 0 Å². The molecule has 1 amide bonds. The molecule has 0 heterocycles. The predicted molar refractivity (Wildman–Crippen MR) is 61.3 cm³/mol. The van der Waals surface area contributed by atoms with Gasteiger partial charge in [0, 0.05) is 0 Å². The van der Waals surface area contributed by atoms with Crippen molar-refractivity contribution in [1.82, 2.24) is 0 Å². The first-order valence-electron chi connectivity index (χ1n) is 5.22. The monoisotopic (exact) mass is 237 g/mol. The zero-order valence-corrected chi connectivity index (χ0v) is 9.75. The van der Waals surface area contributed by atoms with Crippen molar-refractivity contribution in [2.75, 3.05) is 0 Å². The molecule has 1 aromatic rings. The van der Waals surface area contributed by atoms with E-state index < -0.39 is 24.1 Å². The van der Waals surface area contributed by atoms with E-state index in [0.29, 0.717) is 5.75 Å². The second-order valence-corrected chi connectivity index (χ2v) is 3.55.